The van der Waals surface area contributed by atoms with Crippen LogP contribution in [0.3, 0.4) is 0 Å². The summed E-state index contributed by atoms with van der Waals surface area (Å²) in [4.78, 5) is 12.3. The molecule has 2 rings (SSSR count). The molecule has 0 aliphatic carbocycles. The van der Waals surface area contributed by atoms with Crippen molar-refractivity contribution in [3.05, 3.63) is 58.7 Å². The largest absolute Gasteiger partial charge is 0.376 e. The van der Waals surface area contributed by atoms with E-state index in [1.165, 1.54) is 22.3 Å². The van der Waals surface area contributed by atoms with Gasteiger partial charge in [-0.25, -0.2) is 0 Å². The van der Waals surface area contributed by atoms with Crippen LogP contribution >= 0.6 is 0 Å². The van der Waals surface area contributed by atoms with Gasteiger partial charge in [-0.05, 0) is 55.0 Å². The molecule has 3 nitrogen and oxygen atoms in total. The van der Waals surface area contributed by atoms with E-state index in [0.717, 1.165) is 24.2 Å². The Morgan fingerprint density at radius 2 is 1.57 bits per heavy atom. The monoisotopic (exact) mass is 310 g/mol. The zero-order valence-electron chi connectivity index (χ0n) is 14.5. The van der Waals surface area contributed by atoms with Crippen LogP contribution in [0.2, 0.25) is 0 Å². The van der Waals surface area contributed by atoms with Gasteiger partial charge < -0.3 is 10.6 Å². The van der Waals surface area contributed by atoms with Crippen molar-refractivity contribution in [3.8, 4) is 0 Å². The number of amides is 1. The Hall–Kier alpha value is -2.29. The van der Waals surface area contributed by atoms with E-state index in [0.29, 0.717) is 0 Å². The van der Waals surface area contributed by atoms with Crippen LogP contribution in [-0.2, 0) is 17.6 Å². The first-order valence-electron chi connectivity index (χ1n) is 8.27. The number of nitrogens with one attached hydrogen (secondary N) is 2. The fourth-order valence-corrected chi connectivity index (χ4v) is 2.70. The minimum atomic E-state index is -0.0125. The minimum absolute atomic E-state index is 0.0125. The van der Waals surface area contributed by atoms with E-state index in [2.05, 4.69) is 62.6 Å². The topological polar surface area (TPSA) is 41.1 Å². The number of benzene rings is 2. The van der Waals surface area contributed by atoms with Crippen LogP contribution in [0.5, 0.6) is 0 Å². The summed E-state index contributed by atoms with van der Waals surface area (Å²) >= 11 is 0. The lowest BCUT2D eigenvalue weighted by molar-refractivity contribution is -0.114. The number of para-hydroxylation sites is 1. The number of carbonyl (C=O) groups excluding carboxylic acids is 1. The summed E-state index contributed by atoms with van der Waals surface area (Å²) in [6.07, 6.45) is 1.82. The van der Waals surface area contributed by atoms with Gasteiger partial charge in [-0.1, -0.05) is 44.2 Å². The molecule has 0 saturated carbocycles. The van der Waals surface area contributed by atoms with Crippen molar-refractivity contribution in [2.24, 2.45) is 0 Å². The maximum absolute atomic E-state index is 12.3. The van der Waals surface area contributed by atoms with Gasteiger partial charge in [0.1, 0.15) is 0 Å². The molecule has 3 heteroatoms. The van der Waals surface area contributed by atoms with Gasteiger partial charge in [-0.3, -0.25) is 4.79 Å². The summed E-state index contributed by atoms with van der Waals surface area (Å²) in [5, 5.41) is 6.32. The van der Waals surface area contributed by atoms with Gasteiger partial charge in [0.2, 0.25) is 5.91 Å². The second-order valence-electron chi connectivity index (χ2n) is 5.81. The summed E-state index contributed by atoms with van der Waals surface area (Å²) in [5.74, 6) is -0.0125. The molecule has 0 aliphatic heterocycles. The van der Waals surface area contributed by atoms with Crippen LogP contribution in [0.15, 0.2) is 36.4 Å². The smallest absolute Gasteiger partial charge is 0.243 e. The van der Waals surface area contributed by atoms with E-state index >= 15 is 0 Å². The molecular formula is C20H26N2O. The molecule has 0 bridgehead atoms. The van der Waals surface area contributed by atoms with Crippen LogP contribution in [0.1, 0.15) is 36.1 Å². The zero-order chi connectivity index (χ0) is 16.8. The first-order valence-corrected chi connectivity index (χ1v) is 8.27. The highest BCUT2D eigenvalue weighted by atomic mass is 16.1. The molecule has 0 heterocycles. The maximum Gasteiger partial charge on any atom is 0.243 e. The van der Waals surface area contributed by atoms with Gasteiger partial charge in [-0.15, -0.1) is 0 Å². The molecule has 0 atom stereocenters. The summed E-state index contributed by atoms with van der Waals surface area (Å²) in [6.45, 7) is 8.63. The van der Waals surface area contributed by atoms with Crippen LogP contribution in [-0.4, -0.2) is 12.5 Å². The molecule has 2 aromatic carbocycles. The highest BCUT2D eigenvalue weighted by Gasteiger charge is 2.10. The molecule has 0 unspecified atom stereocenters. The zero-order valence-corrected chi connectivity index (χ0v) is 14.5. The standard InChI is InChI=1S/C20H26N2O/c1-5-16-10-8-11-17(6-2)20(16)22-19(23)13-21-18-12-7-9-14(3)15(18)4/h7-12,21H,5-6,13H2,1-4H3,(H,22,23). The third kappa shape index (κ3) is 4.13. The van der Waals surface area contributed by atoms with Crippen molar-refractivity contribution in [2.45, 2.75) is 40.5 Å². The highest BCUT2D eigenvalue weighted by Crippen LogP contribution is 2.23. The third-order valence-electron chi connectivity index (χ3n) is 4.31. The molecule has 0 aliphatic rings. The van der Waals surface area contributed by atoms with Gasteiger partial charge in [-0.2, -0.15) is 0 Å². The molecule has 0 fully saturated rings. The van der Waals surface area contributed by atoms with E-state index in [9.17, 15) is 4.79 Å². The first kappa shape index (κ1) is 17.1. The van der Waals surface area contributed by atoms with E-state index in [4.69, 9.17) is 0 Å². The fourth-order valence-electron chi connectivity index (χ4n) is 2.70. The number of rotatable bonds is 6. The summed E-state index contributed by atoms with van der Waals surface area (Å²) in [7, 11) is 0. The predicted molar refractivity (Wildman–Crippen MR) is 98.2 cm³/mol. The first-order chi connectivity index (χ1) is 11.1. The Bertz CT molecular complexity index is 670. The quantitative estimate of drug-likeness (QED) is 0.826. The average Bonchev–Trinajstić information content (AvgIpc) is 2.56. The van der Waals surface area contributed by atoms with E-state index in [-0.39, 0.29) is 12.5 Å². The normalized spacial score (nSPS) is 10.4. The molecule has 1 amide bonds. The lowest BCUT2D eigenvalue weighted by Gasteiger charge is -2.16. The molecule has 23 heavy (non-hydrogen) atoms. The van der Waals surface area contributed by atoms with E-state index in [1.54, 1.807) is 0 Å². The number of anilines is 2. The van der Waals surface area contributed by atoms with Gasteiger partial charge in [0.05, 0.1) is 6.54 Å². The maximum atomic E-state index is 12.3. The molecule has 0 saturated heterocycles. The van der Waals surface area contributed by atoms with Crippen LogP contribution in [0.4, 0.5) is 11.4 Å². The van der Waals surface area contributed by atoms with Crippen molar-refractivity contribution in [1.29, 1.82) is 0 Å². The Balaban J connectivity index is 2.07. The van der Waals surface area contributed by atoms with E-state index < -0.39 is 0 Å². The lowest BCUT2D eigenvalue weighted by Crippen LogP contribution is -2.23. The molecule has 0 radical (unpaired) electrons. The Morgan fingerprint density at radius 1 is 0.957 bits per heavy atom. The molecule has 2 N–H and O–H groups in total. The highest BCUT2D eigenvalue weighted by molar-refractivity contribution is 5.95. The predicted octanol–water partition coefficient (Wildman–Crippen LogP) is 4.48. The van der Waals surface area contributed by atoms with Gasteiger partial charge >= 0.3 is 0 Å². The van der Waals surface area contributed by atoms with Crippen LogP contribution in [0.25, 0.3) is 0 Å². The summed E-state index contributed by atoms with van der Waals surface area (Å²) in [5.41, 5.74) is 6.77. The van der Waals surface area contributed by atoms with Crippen LogP contribution < -0.4 is 10.6 Å². The molecular weight excluding hydrogens is 284 g/mol. The fraction of sp³-hybridized carbons (Fsp3) is 0.350. The average molecular weight is 310 g/mol. The van der Waals surface area contributed by atoms with Crippen molar-refractivity contribution >= 4 is 17.3 Å². The summed E-state index contributed by atoms with van der Waals surface area (Å²) in [6, 6.07) is 12.3. The van der Waals surface area contributed by atoms with E-state index in [1.807, 2.05) is 12.1 Å². The number of hydrogen-bond acceptors (Lipinski definition) is 2. The van der Waals surface area contributed by atoms with Crippen molar-refractivity contribution in [1.82, 2.24) is 0 Å². The lowest BCUT2D eigenvalue weighted by atomic mass is 10.0. The number of hydrogen-bond donors (Lipinski definition) is 2. The minimum Gasteiger partial charge on any atom is -0.376 e. The number of aryl methyl sites for hydroxylation is 3. The Labute approximate surface area is 139 Å². The third-order valence-corrected chi connectivity index (χ3v) is 4.31. The van der Waals surface area contributed by atoms with Crippen molar-refractivity contribution in [2.75, 3.05) is 17.2 Å². The summed E-state index contributed by atoms with van der Waals surface area (Å²) < 4.78 is 0. The van der Waals surface area contributed by atoms with Crippen LogP contribution in [0, 0.1) is 13.8 Å². The van der Waals surface area contributed by atoms with Crippen molar-refractivity contribution in [3.63, 3.8) is 0 Å². The van der Waals surface area contributed by atoms with Crippen molar-refractivity contribution < 1.29 is 4.79 Å². The van der Waals surface area contributed by atoms with Gasteiger partial charge in [0, 0.05) is 11.4 Å². The Morgan fingerprint density at radius 3 is 2.17 bits per heavy atom. The molecule has 2 aromatic rings. The second-order valence-corrected chi connectivity index (χ2v) is 5.81. The molecule has 0 spiro atoms. The SMILES string of the molecule is CCc1cccc(CC)c1NC(=O)CNc1cccc(C)c1C. The van der Waals surface area contributed by atoms with Gasteiger partial charge in [0.25, 0.3) is 0 Å². The number of carbonyl (C=O) groups is 1. The van der Waals surface area contributed by atoms with Gasteiger partial charge in [0.15, 0.2) is 0 Å². The molecule has 122 valence electrons. The second kappa shape index (κ2) is 7.82. The Kier molecular flexibility index (Phi) is 5.80. The molecule has 0 aromatic heterocycles.